The second-order valence-electron chi connectivity index (χ2n) is 9.91. The molecule has 1 fully saturated rings. The van der Waals surface area contributed by atoms with Gasteiger partial charge >= 0.3 is 0 Å². The lowest BCUT2D eigenvalue weighted by atomic mass is 9.77. The Morgan fingerprint density at radius 3 is 1.72 bits per heavy atom. The highest BCUT2D eigenvalue weighted by molar-refractivity contribution is 5.64. The highest BCUT2D eigenvalue weighted by Crippen LogP contribution is 2.38. The molecule has 0 radical (unpaired) electrons. The Balaban J connectivity index is 1.33. The number of unbranched alkanes of at least 4 members (excludes halogenated alkanes) is 8. The minimum atomic E-state index is 0.718. The van der Waals surface area contributed by atoms with Crippen molar-refractivity contribution in [2.45, 2.75) is 110 Å². The molecule has 0 spiro atoms. The lowest BCUT2D eigenvalue weighted by Gasteiger charge is -2.29. The molecule has 1 nitrogen and oxygen atoms in total. The number of benzene rings is 2. The van der Waals surface area contributed by atoms with Gasteiger partial charge in [0.1, 0.15) is 5.75 Å². The zero-order valence-corrected chi connectivity index (χ0v) is 20.8. The maximum absolute atomic E-state index is 5.56. The van der Waals surface area contributed by atoms with Gasteiger partial charge in [0, 0.05) is 0 Å². The molecule has 0 unspecified atom stereocenters. The monoisotopic (exact) mass is 434 g/mol. The lowest BCUT2D eigenvalue weighted by Crippen LogP contribution is -2.13. The second kappa shape index (κ2) is 14.4. The third-order valence-corrected chi connectivity index (χ3v) is 7.44. The first-order valence-electron chi connectivity index (χ1n) is 13.6. The fourth-order valence-corrected chi connectivity index (χ4v) is 5.39. The van der Waals surface area contributed by atoms with E-state index in [-0.39, 0.29) is 0 Å². The van der Waals surface area contributed by atoms with Gasteiger partial charge < -0.3 is 4.74 Å². The van der Waals surface area contributed by atoms with Crippen LogP contribution in [0.3, 0.4) is 0 Å². The minimum absolute atomic E-state index is 0.718. The van der Waals surface area contributed by atoms with E-state index in [0.717, 1.165) is 24.2 Å². The fourth-order valence-electron chi connectivity index (χ4n) is 5.39. The molecule has 0 bridgehead atoms. The van der Waals surface area contributed by atoms with E-state index in [1.807, 2.05) is 6.92 Å². The summed E-state index contributed by atoms with van der Waals surface area (Å²) in [6, 6.07) is 17.8. The molecule has 0 heterocycles. The van der Waals surface area contributed by atoms with Crippen LogP contribution in [0.25, 0.3) is 11.1 Å². The smallest absolute Gasteiger partial charge is 0.119 e. The van der Waals surface area contributed by atoms with E-state index >= 15 is 0 Å². The van der Waals surface area contributed by atoms with Gasteiger partial charge in [-0.2, -0.15) is 0 Å². The van der Waals surface area contributed by atoms with Crippen LogP contribution < -0.4 is 4.74 Å². The van der Waals surface area contributed by atoms with E-state index in [0.29, 0.717) is 0 Å². The van der Waals surface area contributed by atoms with Crippen LogP contribution in [-0.2, 0) is 0 Å². The van der Waals surface area contributed by atoms with Crippen LogP contribution in [0.1, 0.15) is 115 Å². The van der Waals surface area contributed by atoms with Crippen molar-refractivity contribution in [3.63, 3.8) is 0 Å². The molecule has 1 aliphatic carbocycles. The SMILES string of the molecule is CCCCCCCCCCCC1CCC(c2ccc(-c3ccc(OCC)cc3)cc2)CC1. The van der Waals surface area contributed by atoms with Crippen LogP contribution in [0, 0.1) is 5.92 Å². The Morgan fingerprint density at radius 1 is 0.625 bits per heavy atom. The Bertz CT molecular complexity index is 722. The van der Waals surface area contributed by atoms with Crippen LogP contribution in [0.5, 0.6) is 5.75 Å². The lowest BCUT2D eigenvalue weighted by molar-refractivity contribution is 0.302. The van der Waals surface area contributed by atoms with Gasteiger partial charge in [-0.25, -0.2) is 0 Å². The summed E-state index contributed by atoms with van der Waals surface area (Å²) in [7, 11) is 0. The number of hydrogen-bond acceptors (Lipinski definition) is 1. The molecule has 2 aromatic carbocycles. The maximum atomic E-state index is 5.56. The predicted octanol–water partition coefficient (Wildman–Crippen LogP) is 9.95. The van der Waals surface area contributed by atoms with Crippen LogP contribution in [-0.4, -0.2) is 6.61 Å². The minimum Gasteiger partial charge on any atom is -0.494 e. The summed E-state index contributed by atoms with van der Waals surface area (Å²) in [4.78, 5) is 0. The number of ether oxygens (including phenoxy) is 1. The molecule has 1 heteroatoms. The third-order valence-electron chi connectivity index (χ3n) is 7.44. The second-order valence-corrected chi connectivity index (χ2v) is 9.91. The van der Waals surface area contributed by atoms with Crippen molar-refractivity contribution < 1.29 is 4.74 Å². The quantitative estimate of drug-likeness (QED) is 0.269. The number of hydrogen-bond donors (Lipinski definition) is 0. The molecule has 0 amide bonds. The van der Waals surface area contributed by atoms with E-state index in [4.69, 9.17) is 4.74 Å². The van der Waals surface area contributed by atoms with E-state index in [2.05, 4.69) is 55.5 Å². The summed E-state index contributed by atoms with van der Waals surface area (Å²) in [5.74, 6) is 2.70. The largest absolute Gasteiger partial charge is 0.494 e. The number of rotatable bonds is 14. The molecule has 0 N–H and O–H groups in total. The van der Waals surface area contributed by atoms with E-state index in [1.165, 1.54) is 101 Å². The highest BCUT2D eigenvalue weighted by Gasteiger charge is 2.22. The van der Waals surface area contributed by atoms with Crippen molar-refractivity contribution >= 4 is 0 Å². The summed E-state index contributed by atoms with van der Waals surface area (Å²) in [6.45, 7) is 5.04. The molecule has 32 heavy (non-hydrogen) atoms. The Hall–Kier alpha value is -1.76. The van der Waals surface area contributed by atoms with Gasteiger partial charge in [0.25, 0.3) is 0 Å². The van der Waals surface area contributed by atoms with Crippen molar-refractivity contribution in [1.29, 1.82) is 0 Å². The van der Waals surface area contributed by atoms with E-state index < -0.39 is 0 Å². The average Bonchev–Trinajstić information content (AvgIpc) is 2.84. The normalized spacial score (nSPS) is 18.6. The molecular weight excluding hydrogens is 388 g/mol. The highest BCUT2D eigenvalue weighted by atomic mass is 16.5. The molecule has 176 valence electrons. The molecule has 2 aromatic rings. The zero-order valence-electron chi connectivity index (χ0n) is 20.8. The van der Waals surface area contributed by atoms with Gasteiger partial charge in [-0.1, -0.05) is 108 Å². The Kier molecular flexibility index (Phi) is 11.2. The molecule has 0 atom stereocenters. The van der Waals surface area contributed by atoms with E-state index in [9.17, 15) is 0 Å². The zero-order chi connectivity index (χ0) is 22.4. The Labute approximate surface area is 198 Å². The van der Waals surface area contributed by atoms with Gasteiger partial charge in [-0.3, -0.25) is 0 Å². The molecule has 3 rings (SSSR count). The molecule has 0 aliphatic heterocycles. The first-order valence-corrected chi connectivity index (χ1v) is 13.6. The van der Waals surface area contributed by atoms with Gasteiger partial charge in [0.2, 0.25) is 0 Å². The van der Waals surface area contributed by atoms with Gasteiger partial charge in [0.05, 0.1) is 6.61 Å². The van der Waals surface area contributed by atoms with Crippen LogP contribution in [0.15, 0.2) is 48.5 Å². The van der Waals surface area contributed by atoms with Crippen LogP contribution >= 0.6 is 0 Å². The third kappa shape index (κ3) is 8.30. The fraction of sp³-hybridized carbons (Fsp3) is 0.613. The first kappa shape index (κ1) is 24.9. The average molecular weight is 435 g/mol. The van der Waals surface area contributed by atoms with Crippen molar-refractivity contribution in [3.05, 3.63) is 54.1 Å². The first-order chi connectivity index (χ1) is 15.8. The summed E-state index contributed by atoms with van der Waals surface area (Å²) in [5.41, 5.74) is 4.11. The molecule has 0 saturated heterocycles. The molecule has 0 aromatic heterocycles. The topological polar surface area (TPSA) is 9.23 Å². The Morgan fingerprint density at radius 2 is 1.16 bits per heavy atom. The maximum Gasteiger partial charge on any atom is 0.119 e. The predicted molar refractivity (Wildman–Crippen MR) is 140 cm³/mol. The van der Waals surface area contributed by atoms with Crippen LogP contribution in [0.4, 0.5) is 0 Å². The summed E-state index contributed by atoms with van der Waals surface area (Å²) >= 11 is 0. The summed E-state index contributed by atoms with van der Waals surface area (Å²) in [6.07, 6.45) is 20.1. The van der Waals surface area contributed by atoms with Gasteiger partial charge in [-0.15, -0.1) is 0 Å². The van der Waals surface area contributed by atoms with Crippen molar-refractivity contribution in [2.75, 3.05) is 6.61 Å². The van der Waals surface area contributed by atoms with Crippen molar-refractivity contribution in [1.82, 2.24) is 0 Å². The summed E-state index contributed by atoms with van der Waals surface area (Å²) < 4.78 is 5.56. The van der Waals surface area contributed by atoms with Gasteiger partial charge in [-0.05, 0) is 73.3 Å². The van der Waals surface area contributed by atoms with Crippen LogP contribution in [0.2, 0.25) is 0 Å². The van der Waals surface area contributed by atoms with Gasteiger partial charge in [0.15, 0.2) is 0 Å². The molecular formula is C31H46O. The summed E-state index contributed by atoms with van der Waals surface area (Å²) in [5, 5.41) is 0. The standard InChI is InChI=1S/C31H46O/c1-3-5-6-7-8-9-10-11-12-13-26-14-16-27(17-15-26)28-18-20-29(21-19-28)30-22-24-31(25-23-30)32-4-2/h18-27H,3-17H2,1-2H3. The van der Waals surface area contributed by atoms with Crippen molar-refractivity contribution in [3.8, 4) is 16.9 Å². The molecule has 1 saturated carbocycles. The van der Waals surface area contributed by atoms with Crippen molar-refractivity contribution in [2.24, 2.45) is 5.92 Å². The van der Waals surface area contributed by atoms with E-state index in [1.54, 1.807) is 5.56 Å². The molecule has 1 aliphatic rings.